The van der Waals surface area contributed by atoms with Crippen molar-refractivity contribution in [3.63, 3.8) is 0 Å². The van der Waals surface area contributed by atoms with Crippen molar-refractivity contribution >= 4 is 0 Å². The van der Waals surface area contributed by atoms with E-state index in [0.29, 0.717) is 0 Å². The summed E-state index contributed by atoms with van der Waals surface area (Å²) in [5.74, 6) is 3.55. The van der Waals surface area contributed by atoms with Crippen molar-refractivity contribution in [1.82, 2.24) is 0 Å². The standard InChI is InChI=1S/C34H49FO/c1-3-36-26(2)30-15-9-28(10-16-30)7-8-29-13-19-32(20-14-29)34-23-21-33(22-24-34)31-17-11-27(12-18-31)6-4-5-25-35/h9-10,13-16,19-20,26-27,31,33-34H,3-8,11-12,17-18,21-25H2,1-2H3/t26?,27-,31-,33-,34-. The van der Waals surface area contributed by atoms with Crippen molar-refractivity contribution in [2.24, 2.45) is 17.8 Å². The predicted molar refractivity (Wildman–Crippen MR) is 150 cm³/mol. The van der Waals surface area contributed by atoms with E-state index in [1.165, 1.54) is 74.5 Å². The Hall–Kier alpha value is -1.67. The monoisotopic (exact) mass is 492 g/mol. The minimum absolute atomic E-state index is 0.134. The van der Waals surface area contributed by atoms with E-state index in [2.05, 4.69) is 55.5 Å². The van der Waals surface area contributed by atoms with Crippen molar-refractivity contribution in [2.75, 3.05) is 13.3 Å². The molecule has 2 heteroatoms. The lowest BCUT2D eigenvalue weighted by atomic mass is 9.68. The second-order valence-corrected chi connectivity index (χ2v) is 11.7. The second-order valence-electron chi connectivity index (χ2n) is 11.7. The number of hydrogen-bond acceptors (Lipinski definition) is 1. The molecule has 4 rings (SSSR count). The molecule has 0 bridgehead atoms. The molecular weight excluding hydrogens is 443 g/mol. The third-order valence-corrected chi connectivity index (χ3v) is 9.35. The van der Waals surface area contributed by atoms with Crippen LogP contribution in [0.15, 0.2) is 48.5 Å². The summed E-state index contributed by atoms with van der Waals surface area (Å²) in [7, 11) is 0. The SMILES string of the molecule is CCOC(C)c1ccc(CCc2ccc([C@H]3CC[C@H]([C@H]4CC[C@H](CCCCF)CC4)CC3)cc2)cc1. The molecule has 0 saturated heterocycles. The van der Waals surface area contributed by atoms with Gasteiger partial charge in [-0.1, -0.05) is 74.2 Å². The molecule has 0 amide bonds. The van der Waals surface area contributed by atoms with Crippen LogP contribution in [0.3, 0.4) is 0 Å². The number of ether oxygens (including phenoxy) is 1. The number of rotatable bonds is 12. The van der Waals surface area contributed by atoms with E-state index in [-0.39, 0.29) is 12.8 Å². The molecule has 1 atom stereocenters. The highest BCUT2D eigenvalue weighted by Crippen LogP contribution is 2.44. The first-order valence-electron chi connectivity index (χ1n) is 15.0. The normalized spacial score (nSPS) is 25.5. The maximum atomic E-state index is 12.4. The van der Waals surface area contributed by atoms with Crippen molar-refractivity contribution in [3.05, 3.63) is 70.8 Å². The third-order valence-electron chi connectivity index (χ3n) is 9.35. The molecular formula is C34H49FO. The topological polar surface area (TPSA) is 9.23 Å². The first kappa shape index (κ1) is 27.4. The Morgan fingerprint density at radius 2 is 1.31 bits per heavy atom. The highest BCUT2D eigenvalue weighted by Gasteiger charge is 2.31. The fourth-order valence-electron chi connectivity index (χ4n) is 6.95. The molecule has 0 aliphatic heterocycles. The highest BCUT2D eigenvalue weighted by atomic mass is 19.1. The molecule has 0 aromatic heterocycles. The van der Waals surface area contributed by atoms with Crippen LogP contribution in [-0.4, -0.2) is 13.3 Å². The summed E-state index contributed by atoms with van der Waals surface area (Å²) >= 11 is 0. The van der Waals surface area contributed by atoms with Crippen LogP contribution in [0.4, 0.5) is 4.39 Å². The zero-order valence-electron chi connectivity index (χ0n) is 22.9. The number of benzene rings is 2. The molecule has 0 heterocycles. The lowest BCUT2D eigenvalue weighted by Crippen LogP contribution is -2.25. The molecule has 0 spiro atoms. The van der Waals surface area contributed by atoms with Crippen LogP contribution >= 0.6 is 0 Å². The predicted octanol–water partition coefficient (Wildman–Crippen LogP) is 9.79. The molecule has 36 heavy (non-hydrogen) atoms. The van der Waals surface area contributed by atoms with E-state index < -0.39 is 0 Å². The molecule has 2 aromatic rings. The molecule has 2 aliphatic carbocycles. The van der Waals surface area contributed by atoms with Crippen LogP contribution in [-0.2, 0) is 17.6 Å². The van der Waals surface area contributed by atoms with Gasteiger partial charge in [-0.3, -0.25) is 4.39 Å². The molecule has 2 aromatic carbocycles. The van der Waals surface area contributed by atoms with Crippen molar-refractivity contribution in [2.45, 2.75) is 109 Å². The Balaban J connectivity index is 1.18. The van der Waals surface area contributed by atoms with E-state index in [4.69, 9.17) is 4.74 Å². The smallest absolute Gasteiger partial charge is 0.0894 e. The summed E-state index contributed by atoms with van der Waals surface area (Å²) in [5.41, 5.74) is 5.67. The average Bonchev–Trinajstić information content (AvgIpc) is 2.93. The molecule has 2 saturated carbocycles. The molecule has 0 radical (unpaired) electrons. The number of alkyl halides is 1. The van der Waals surface area contributed by atoms with Crippen LogP contribution in [0.5, 0.6) is 0 Å². The highest BCUT2D eigenvalue weighted by molar-refractivity contribution is 5.28. The molecule has 1 nitrogen and oxygen atoms in total. The zero-order chi connectivity index (χ0) is 25.2. The van der Waals surface area contributed by atoms with Gasteiger partial charge < -0.3 is 4.74 Å². The fraction of sp³-hybridized carbons (Fsp3) is 0.647. The quantitative estimate of drug-likeness (QED) is 0.268. The molecule has 1 unspecified atom stereocenters. The van der Waals surface area contributed by atoms with Crippen LogP contribution in [0.25, 0.3) is 0 Å². The van der Waals surface area contributed by atoms with Gasteiger partial charge in [-0.15, -0.1) is 0 Å². The Morgan fingerprint density at radius 1 is 0.750 bits per heavy atom. The summed E-state index contributed by atoms with van der Waals surface area (Å²) in [4.78, 5) is 0. The fourth-order valence-corrected chi connectivity index (χ4v) is 6.95. The first-order valence-corrected chi connectivity index (χ1v) is 15.0. The summed E-state index contributed by atoms with van der Waals surface area (Å²) in [6, 6.07) is 18.5. The second kappa shape index (κ2) is 14.3. The number of halogens is 1. The van der Waals surface area contributed by atoms with Crippen LogP contribution < -0.4 is 0 Å². The van der Waals surface area contributed by atoms with Gasteiger partial charge in [0, 0.05) is 6.61 Å². The van der Waals surface area contributed by atoms with E-state index >= 15 is 0 Å². The lowest BCUT2D eigenvalue weighted by molar-refractivity contribution is 0.0764. The lowest BCUT2D eigenvalue weighted by Gasteiger charge is -2.38. The third kappa shape index (κ3) is 7.91. The minimum atomic E-state index is -0.134. The van der Waals surface area contributed by atoms with Crippen LogP contribution in [0.1, 0.15) is 119 Å². The zero-order valence-corrected chi connectivity index (χ0v) is 22.9. The van der Waals surface area contributed by atoms with Gasteiger partial charge in [-0.25, -0.2) is 0 Å². The maximum Gasteiger partial charge on any atom is 0.0894 e. The maximum absolute atomic E-state index is 12.4. The summed E-state index contributed by atoms with van der Waals surface area (Å²) in [5, 5.41) is 0. The number of hydrogen-bond donors (Lipinski definition) is 0. The Morgan fingerprint density at radius 3 is 1.86 bits per heavy atom. The Labute approximate surface area is 220 Å². The van der Waals surface area contributed by atoms with Gasteiger partial charge in [0.2, 0.25) is 0 Å². The molecule has 2 fully saturated rings. The number of unbranched alkanes of at least 4 members (excludes halogenated alkanes) is 1. The van der Waals surface area contributed by atoms with E-state index in [1.807, 2.05) is 6.92 Å². The largest absolute Gasteiger partial charge is 0.374 e. The van der Waals surface area contributed by atoms with Gasteiger partial charge in [0.05, 0.1) is 12.8 Å². The minimum Gasteiger partial charge on any atom is -0.374 e. The van der Waals surface area contributed by atoms with Gasteiger partial charge in [0.25, 0.3) is 0 Å². The summed E-state index contributed by atoms with van der Waals surface area (Å²) < 4.78 is 18.1. The van der Waals surface area contributed by atoms with Crippen molar-refractivity contribution in [1.29, 1.82) is 0 Å². The van der Waals surface area contributed by atoms with Gasteiger partial charge in [0.1, 0.15) is 0 Å². The average molecular weight is 493 g/mol. The van der Waals surface area contributed by atoms with Gasteiger partial charge in [0.15, 0.2) is 0 Å². The van der Waals surface area contributed by atoms with Gasteiger partial charge in [-0.2, -0.15) is 0 Å². The van der Waals surface area contributed by atoms with Crippen LogP contribution in [0.2, 0.25) is 0 Å². The summed E-state index contributed by atoms with van der Waals surface area (Å²) in [6.45, 7) is 4.79. The summed E-state index contributed by atoms with van der Waals surface area (Å²) in [6.07, 6.45) is 16.7. The van der Waals surface area contributed by atoms with E-state index in [1.54, 1.807) is 5.56 Å². The Kier molecular flexibility index (Phi) is 10.9. The number of aryl methyl sites for hydroxylation is 2. The Bertz CT molecular complexity index is 857. The van der Waals surface area contributed by atoms with Crippen LogP contribution in [0, 0.1) is 17.8 Å². The van der Waals surface area contributed by atoms with Crippen molar-refractivity contribution < 1.29 is 9.13 Å². The molecule has 0 N–H and O–H groups in total. The first-order chi connectivity index (χ1) is 17.7. The van der Waals surface area contributed by atoms with E-state index in [0.717, 1.165) is 56.0 Å². The molecule has 2 aliphatic rings. The van der Waals surface area contributed by atoms with Gasteiger partial charge in [-0.05, 0) is 118 Å². The van der Waals surface area contributed by atoms with Gasteiger partial charge >= 0.3 is 0 Å². The molecule has 198 valence electrons. The van der Waals surface area contributed by atoms with E-state index in [9.17, 15) is 4.39 Å². The van der Waals surface area contributed by atoms with Crippen molar-refractivity contribution in [3.8, 4) is 0 Å².